The van der Waals surface area contributed by atoms with Gasteiger partial charge in [0.1, 0.15) is 5.75 Å². The fraction of sp³-hybridized carbons (Fsp3) is 0.250. The van der Waals surface area contributed by atoms with Crippen LogP contribution in [0, 0.1) is 27.5 Å². The van der Waals surface area contributed by atoms with Crippen molar-refractivity contribution in [1.29, 1.82) is 0 Å². The van der Waals surface area contributed by atoms with Gasteiger partial charge >= 0.3 is 11.7 Å². The first-order valence-electron chi connectivity index (χ1n) is 8.89. The van der Waals surface area contributed by atoms with Gasteiger partial charge in [-0.05, 0) is 71.8 Å². The Balaban J connectivity index is 2.12. The molecule has 31 heavy (non-hydrogen) atoms. The van der Waals surface area contributed by atoms with Gasteiger partial charge < -0.3 is 14.2 Å². The number of ether oxygens (including phenoxy) is 3. The van der Waals surface area contributed by atoms with Crippen molar-refractivity contribution < 1.29 is 28.7 Å². The lowest BCUT2D eigenvalue weighted by Gasteiger charge is -2.12. The first-order valence-corrected chi connectivity index (χ1v) is 9.97. The van der Waals surface area contributed by atoms with E-state index in [4.69, 9.17) is 14.2 Å². The molecule has 0 saturated heterocycles. The first kappa shape index (κ1) is 24.1. The molecule has 2 aromatic rings. The molecule has 0 spiro atoms. The molecule has 2 rings (SSSR count). The average Bonchev–Trinajstić information content (AvgIpc) is 2.67. The largest absolute Gasteiger partial charge is 0.488 e. The van der Waals surface area contributed by atoms with Gasteiger partial charge in [0, 0.05) is 10.5 Å². The highest BCUT2D eigenvalue weighted by Crippen LogP contribution is 2.39. The van der Waals surface area contributed by atoms with Crippen molar-refractivity contribution in [3.05, 3.63) is 54.6 Å². The Bertz CT molecular complexity index is 1030. The van der Waals surface area contributed by atoms with Crippen molar-refractivity contribution in [1.82, 2.24) is 5.43 Å². The molecule has 0 radical (unpaired) electrons. The first-order chi connectivity index (χ1) is 14.6. The standard InChI is InChI=1S/C20H20IN3O7/c1-11-7-15(21)8-12(2)19(11)30-10-17(26)23-22-9-14-5-6-16(31-13(3)25)20(29-4)18(14)24(27)28/h5-9H,10H2,1-4H3,(H,23,26)/b22-9+. The number of nitro groups is 1. The molecule has 0 aliphatic heterocycles. The van der Waals surface area contributed by atoms with E-state index in [9.17, 15) is 19.7 Å². The summed E-state index contributed by atoms with van der Waals surface area (Å²) in [4.78, 5) is 34.0. The summed E-state index contributed by atoms with van der Waals surface area (Å²) in [5.41, 5.74) is 3.64. The number of hydrazone groups is 1. The number of hydrogen-bond acceptors (Lipinski definition) is 8. The summed E-state index contributed by atoms with van der Waals surface area (Å²) in [7, 11) is 1.21. The molecule has 0 bridgehead atoms. The van der Waals surface area contributed by atoms with E-state index in [1.807, 2.05) is 26.0 Å². The van der Waals surface area contributed by atoms with Gasteiger partial charge in [0.15, 0.2) is 12.4 Å². The molecule has 0 aliphatic carbocycles. The number of benzene rings is 2. The van der Waals surface area contributed by atoms with Crippen LogP contribution in [-0.4, -0.2) is 36.7 Å². The number of aryl methyl sites for hydroxylation is 2. The molecule has 1 amide bonds. The van der Waals surface area contributed by atoms with Gasteiger partial charge in [-0.3, -0.25) is 19.7 Å². The van der Waals surface area contributed by atoms with E-state index in [0.717, 1.165) is 27.8 Å². The third-order valence-electron chi connectivity index (χ3n) is 3.93. The van der Waals surface area contributed by atoms with Crippen molar-refractivity contribution >= 4 is 46.4 Å². The average molecular weight is 541 g/mol. The lowest BCUT2D eigenvalue weighted by Crippen LogP contribution is -2.25. The van der Waals surface area contributed by atoms with Crippen molar-refractivity contribution in [2.75, 3.05) is 13.7 Å². The van der Waals surface area contributed by atoms with Gasteiger partial charge in [0.2, 0.25) is 5.75 Å². The molecule has 0 aliphatic rings. The zero-order chi connectivity index (χ0) is 23.1. The number of hydrogen-bond donors (Lipinski definition) is 1. The maximum Gasteiger partial charge on any atom is 0.323 e. The van der Waals surface area contributed by atoms with E-state index in [-0.39, 0.29) is 23.7 Å². The van der Waals surface area contributed by atoms with Crippen LogP contribution in [0.2, 0.25) is 0 Å². The smallest absolute Gasteiger partial charge is 0.323 e. The molecule has 10 nitrogen and oxygen atoms in total. The van der Waals surface area contributed by atoms with Crippen LogP contribution in [-0.2, 0) is 9.59 Å². The van der Waals surface area contributed by atoms with E-state index in [0.29, 0.717) is 5.75 Å². The van der Waals surface area contributed by atoms with Crippen LogP contribution in [0.15, 0.2) is 29.4 Å². The summed E-state index contributed by atoms with van der Waals surface area (Å²) in [5.74, 6) is -0.913. The van der Waals surface area contributed by atoms with Crippen LogP contribution in [0.25, 0.3) is 0 Å². The SMILES string of the molecule is COc1c(OC(C)=O)ccc(/C=N/NC(=O)COc2c(C)cc(I)cc2C)c1[N+](=O)[O-]. The van der Waals surface area contributed by atoms with Gasteiger partial charge in [-0.2, -0.15) is 5.10 Å². The summed E-state index contributed by atoms with van der Waals surface area (Å²) >= 11 is 2.20. The van der Waals surface area contributed by atoms with Crippen LogP contribution in [0.4, 0.5) is 5.69 Å². The number of esters is 1. The fourth-order valence-electron chi connectivity index (χ4n) is 2.76. The Morgan fingerprint density at radius 3 is 2.42 bits per heavy atom. The monoisotopic (exact) mass is 541 g/mol. The number of nitrogens with zero attached hydrogens (tertiary/aromatic N) is 2. The number of nitro benzene ring substituents is 1. The molecule has 164 valence electrons. The summed E-state index contributed by atoms with van der Waals surface area (Å²) < 4.78 is 16.6. The van der Waals surface area contributed by atoms with E-state index in [1.165, 1.54) is 19.2 Å². The Labute approximate surface area is 191 Å². The summed E-state index contributed by atoms with van der Waals surface area (Å²) in [6.45, 7) is 4.65. The Hall–Kier alpha value is -3.22. The lowest BCUT2D eigenvalue weighted by molar-refractivity contribution is -0.385. The van der Waals surface area contributed by atoms with E-state index in [2.05, 4.69) is 33.1 Å². The van der Waals surface area contributed by atoms with Crippen LogP contribution >= 0.6 is 22.6 Å². The Kier molecular flexibility index (Phi) is 8.30. The van der Waals surface area contributed by atoms with Crippen LogP contribution in [0.1, 0.15) is 23.6 Å². The second kappa shape index (κ2) is 10.7. The number of amides is 1. The van der Waals surface area contributed by atoms with Crippen LogP contribution in [0.5, 0.6) is 17.2 Å². The highest BCUT2D eigenvalue weighted by Gasteiger charge is 2.25. The second-order valence-corrected chi connectivity index (χ2v) is 7.58. The predicted octanol–water partition coefficient (Wildman–Crippen LogP) is 3.28. The maximum absolute atomic E-state index is 12.0. The van der Waals surface area contributed by atoms with Gasteiger partial charge in [-0.1, -0.05) is 0 Å². The van der Waals surface area contributed by atoms with Crippen molar-refractivity contribution in [3.8, 4) is 17.2 Å². The molecule has 0 atom stereocenters. The minimum atomic E-state index is -0.694. The van der Waals surface area contributed by atoms with Crippen molar-refractivity contribution in [2.45, 2.75) is 20.8 Å². The number of carbonyl (C=O) groups is 2. The van der Waals surface area contributed by atoms with Crippen molar-refractivity contribution in [3.63, 3.8) is 0 Å². The minimum absolute atomic E-state index is 0.0447. The predicted molar refractivity (Wildman–Crippen MR) is 121 cm³/mol. The summed E-state index contributed by atoms with van der Waals surface area (Å²) in [6.07, 6.45) is 1.09. The molecular weight excluding hydrogens is 521 g/mol. The minimum Gasteiger partial charge on any atom is -0.488 e. The van der Waals surface area contributed by atoms with Gasteiger partial charge in [-0.15, -0.1) is 0 Å². The number of carbonyl (C=O) groups excluding carboxylic acids is 2. The van der Waals surface area contributed by atoms with E-state index < -0.39 is 22.5 Å². The second-order valence-electron chi connectivity index (χ2n) is 6.34. The molecule has 0 fully saturated rings. The van der Waals surface area contributed by atoms with E-state index in [1.54, 1.807) is 0 Å². The molecule has 0 saturated carbocycles. The molecule has 1 N–H and O–H groups in total. The fourth-order valence-corrected chi connectivity index (χ4v) is 3.70. The zero-order valence-electron chi connectivity index (χ0n) is 17.2. The Morgan fingerprint density at radius 1 is 1.23 bits per heavy atom. The van der Waals surface area contributed by atoms with Gasteiger partial charge in [0.25, 0.3) is 5.91 Å². The number of methoxy groups -OCH3 is 1. The van der Waals surface area contributed by atoms with Gasteiger partial charge in [-0.25, -0.2) is 5.43 Å². The Morgan fingerprint density at radius 2 is 1.87 bits per heavy atom. The normalized spacial score (nSPS) is 10.6. The van der Waals surface area contributed by atoms with E-state index >= 15 is 0 Å². The lowest BCUT2D eigenvalue weighted by atomic mass is 10.1. The number of nitrogens with one attached hydrogen (secondary N) is 1. The van der Waals surface area contributed by atoms with Crippen LogP contribution < -0.4 is 19.6 Å². The van der Waals surface area contributed by atoms with Gasteiger partial charge in [0.05, 0.1) is 23.8 Å². The molecule has 0 unspecified atom stereocenters. The molecular formula is C20H20IN3O7. The third-order valence-corrected chi connectivity index (χ3v) is 4.56. The highest BCUT2D eigenvalue weighted by atomic mass is 127. The summed E-state index contributed by atoms with van der Waals surface area (Å²) in [5, 5.41) is 15.2. The molecule has 11 heteroatoms. The highest BCUT2D eigenvalue weighted by molar-refractivity contribution is 14.1. The molecule has 0 heterocycles. The number of rotatable bonds is 8. The van der Waals surface area contributed by atoms with Crippen LogP contribution in [0.3, 0.4) is 0 Å². The molecule has 0 aromatic heterocycles. The maximum atomic E-state index is 12.0. The topological polar surface area (TPSA) is 129 Å². The molecule has 2 aromatic carbocycles. The number of halogens is 1. The van der Waals surface area contributed by atoms with Crippen molar-refractivity contribution in [2.24, 2.45) is 5.10 Å². The third kappa shape index (κ3) is 6.38. The quantitative estimate of drug-likeness (QED) is 0.136. The zero-order valence-corrected chi connectivity index (χ0v) is 19.4. The summed E-state index contributed by atoms with van der Waals surface area (Å²) in [6, 6.07) is 6.53.